The van der Waals surface area contributed by atoms with Crippen LogP contribution >= 0.6 is 0 Å². The smallest absolute Gasteiger partial charge is 0.330 e. The molecular formula is C12H18N2O5. The fraction of sp³-hybridized carbons (Fsp3) is 0.667. The first-order valence-corrected chi connectivity index (χ1v) is 6.13. The van der Waals surface area contributed by atoms with E-state index in [-0.39, 0.29) is 5.92 Å². The van der Waals surface area contributed by atoms with Crippen molar-refractivity contribution in [3.63, 3.8) is 0 Å². The van der Waals surface area contributed by atoms with Crippen molar-refractivity contribution >= 4 is 0 Å². The third-order valence-corrected chi connectivity index (χ3v) is 3.31. The van der Waals surface area contributed by atoms with Crippen molar-refractivity contribution < 1.29 is 14.6 Å². The van der Waals surface area contributed by atoms with Crippen LogP contribution in [0.5, 0.6) is 0 Å². The molecule has 2 heterocycles. The van der Waals surface area contributed by atoms with E-state index in [1.165, 1.54) is 23.9 Å². The van der Waals surface area contributed by atoms with Gasteiger partial charge in [-0.1, -0.05) is 13.8 Å². The van der Waals surface area contributed by atoms with Crippen LogP contribution in [-0.2, 0) is 9.47 Å². The zero-order valence-electron chi connectivity index (χ0n) is 11.1. The van der Waals surface area contributed by atoms with Crippen molar-refractivity contribution in [2.75, 3.05) is 7.11 Å². The maximum atomic E-state index is 11.8. The monoisotopic (exact) mass is 270 g/mol. The lowest BCUT2D eigenvalue weighted by molar-refractivity contribution is -0.0617. The van der Waals surface area contributed by atoms with Crippen molar-refractivity contribution in [2.45, 2.75) is 38.4 Å². The van der Waals surface area contributed by atoms with Gasteiger partial charge < -0.3 is 14.6 Å². The molecule has 2 rings (SSSR count). The minimum absolute atomic E-state index is 0.0797. The Hall–Kier alpha value is -1.44. The summed E-state index contributed by atoms with van der Waals surface area (Å²) in [5.74, 6) is 0.0797. The topological polar surface area (TPSA) is 93.5 Å². The van der Waals surface area contributed by atoms with Crippen LogP contribution in [0.15, 0.2) is 21.9 Å². The number of aliphatic hydroxyl groups excluding tert-OH is 1. The molecule has 1 aliphatic rings. The third-order valence-electron chi connectivity index (χ3n) is 3.31. The highest BCUT2D eigenvalue weighted by atomic mass is 16.6. The van der Waals surface area contributed by atoms with Gasteiger partial charge >= 0.3 is 5.69 Å². The minimum Gasteiger partial charge on any atom is -0.387 e. The van der Waals surface area contributed by atoms with E-state index < -0.39 is 35.8 Å². The van der Waals surface area contributed by atoms with Gasteiger partial charge in [0.1, 0.15) is 12.2 Å². The molecule has 1 aromatic heterocycles. The standard InChI is InChI=1S/C12H18N2O5/c1-6(2)9-8(16)10(18-3)11(19-9)14-5-4-7(15)13-12(14)17/h4-6,8-11,16H,1-3H3,(H,13,15,17)/t8?,9-,10+,11-/m1/s1. The molecule has 0 bridgehead atoms. The van der Waals surface area contributed by atoms with E-state index in [1.54, 1.807) is 0 Å². The Morgan fingerprint density at radius 1 is 1.47 bits per heavy atom. The SMILES string of the molecule is CO[C@H]1C(O)[C@@H](C(C)C)O[C@H]1n1ccc(=O)[nH]c1=O. The number of rotatable bonds is 3. The summed E-state index contributed by atoms with van der Waals surface area (Å²) in [7, 11) is 1.45. The molecule has 1 aliphatic heterocycles. The Balaban J connectivity index is 2.38. The summed E-state index contributed by atoms with van der Waals surface area (Å²) >= 11 is 0. The Morgan fingerprint density at radius 2 is 2.16 bits per heavy atom. The summed E-state index contributed by atoms with van der Waals surface area (Å²) in [4.78, 5) is 25.0. The van der Waals surface area contributed by atoms with Crippen LogP contribution in [0, 0.1) is 5.92 Å². The first-order valence-electron chi connectivity index (χ1n) is 6.13. The molecule has 7 nitrogen and oxygen atoms in total. The molecule has 19 heavy (non-hydrogen) atoms. The second-order valence-electron chi connectivity index (χ2n) is 4.94. The van der Waals surface area contributed by atoms with E-state index in [0.717, 1.165) is 0 Å². The maximum Gasteiger partial charge on any atom is 0.330 e. The highest BCUT2D eigenvalue weighted by Crippen LogP contribution is 2.33. The molecule has 0 aromatic carbocycles. The number of nitrogens with zero attached hydrogens (tertiary/aromatic N) is 1. The predicted molar refractivity (Wildman–Crippen MR) is 66.9 cm³/mol. The molecular weight excluding hydrogens is 252 g/mol. The highest BCUT2D eigenvalue weighted by molar-refractivity contribution is 4.94. The number of aliphatic hydroxyl groups is 1. The van der Waals surface area contributed by atoms with E-state index in [4.69, 9.17) is 9.47 Å². The van der Waals surface area contributed by atoms with Crippen LogP contribution in [0.4, 0.5) is 0 Å². The van der Waals surface area contributed by atoms with E-state index in [1.807, 2.05) is 13.8 Å². The van der Waals surface area contributed by atoms with Gasteiger partial charge in [0.05, 0.1) is 6.10 Å². The first kappa shape index (κ1) is 14.0. The normalized spacial score (nSPS) is 31.0. The average Bonchev–Trinajstić information content (AvgIpc) is 2.66. The fourth-order valence-electron chi connectivity index (χ4n) is 2.33. The van der Waals surface area contributed by atoms with Gasteiger partial charge in [-0.15, -0.1) is 0 Å². The van der Waals surface area contributed by atoms with Crippen LogP contribution in [0.2, 0.25) is 0 Å². The molecule has 4 atom stereocenters. The Bertz CT molecular complexity index is 550. The van der Waals surface area contributed by atoms with Crippen molar-refractivity contribution in [3.8, 4) is 0 Å². The molecule has 106 valence electrons. The summed E-state index contributed by atoms with van der Waals surface area (Å²) < 4.78 is 12.2. The van der Waals surface area contributed by atoms with Crippen LogP contribution in [0.3, 0.4) is 0 Å². The number of nitrogens with one attached hydrogen (secondary N) is 1. The van der Waals surface area contributed by atoms with E-state index >= 15 is 0 Å². The van der Waals surface area contributed by atoms with Crippen LogP contribution in [0.1, 0.15) is 20.1 Å². The van der Waals surface area contributed by atoms with Gasteiger partial charge in [0.2, 0.25) is 0 Å². The number of H-pyrrole nitrogens is 1. The molecule has 0 radical (unpaired) electrons. The Morgan fingerprint density at radius 3 is 2.68 bits per heavy atom. The van der Waals surface area contributed by atoms with Crippen LogP contribution in [-0.4, -0.2) is 40.1 Å². The van der Waals surface area contributed by atoms with Crippen molar-refractivity contribution in [1.82, 2.24) is 9.55 Å². The number of hydrogen-bond acceptors (Lipinski definition) is 5. The summed E-state index contributed by atoms with van der Waals surface area (Å²) in [6.07, 6.45) is -1.32. The van der Waals surface area contributed by atoms with Gasteiger partial charge in [-0.2, -0.15) is 0 Å². The van der Waals surface area contributed by atoms with Gasteiger partial charge in [0.15, 0.2) is 6.23 Å². The van der Waals surface area contributed by atoms with Crippen molar-refractivity contribution in [1.29, 1.82) is 0 Å². The molecule has 1 fully saturated rings. The number of hydrogen-bond donors (Lipinski definition) is 2. The summed E-state index contributed by atoms with van der Waals surface area (Å²) in [6, 6.07) is 1.23. The van der Waals surface area contributed by atoms with E-state index in [9.17, 15) is 14.7 Å². The maximum absolute atomic E-state index is 11.8. The lowest BCUT2D eigenvalue weighted by atomic mass is 10.0. The molecule has 0 spiro atoms. The molecule has 2 N–H and O–H groups in total. The quantitative estimate of drug-likeness (QED) is 0.770. The number of methoxy groups -OCH3 is 1. The van der Waals surface area contributed by atoms with Gasteiger partial charge in [0.25, 0.3) is 5.56 Å². The summed E-state index contributed by atoms with van der Waals surface area (Å²) in [5.41, 5.74) is -1.06. The zero-order valence-corrected chi connectivity index (χ0v) is 11.1. The molecule has 0 amide bonds. The summed E-state index contributed by atoms with van der Waals surface area (Å²) in [6.45, 7) is 3.83. The average molecular weight is 270 g/mol. The zero-order chi connectivity index (χ0) is 14.2. The van der Waals surface area contributed by atoms with E-state index in [2.05, 4.69) is 4.98 Å². The highest BCUT2D eigenvalue weighted by Gasteiger charge is 2.46. The van der Waals surface area contributed by atoms with Gasteiger partial charge in [-0.3, -0.25) is 14.3 Å². The predicted octanol–water partition coefficient (Wildman–Crippen LogP) is -0.534. The summed E-state index contributed by atoms with van der Waals surface area (Å²) in [5, 5.41) is 10.2. The lowest BCUT2D eigenvalue weighted by Gasteiger charge is -2.20. The van der Waals surface area contributed by atoms with Crippen molar-refractivity contribution in [2.24, 2.45) is 5.92 Å². The Labute approximate surface area is 109 Å². The van der Waals surface area contributed by atoms with Crippen molar-refractivity contribution in [3.05, 3.63) is 33.1 Å². The van der Waals surface area contributed by atoms with Gasteiger partial charge in [-0.25, -0.2) is 4.79 Å². The molecule has 7 heteroatoms. The second-order valence-corrected chi connectivity index (χ2v) is 4.94. The van der Waals surface area contributed by atoms with Gasteiger partial charge in [-0.05, 0) is 5.92 Å². The minimum atomic E-state index is -0.825. The lowest BCUT2D eigenvalue weighted by Crippen LogP contribution is -2.38. The molecule has 0 aliphatic carbocycles. The molecule has 0 saturated carbocycles. The van der Waals surface area contributed by atoms with Crippen LogP contribution in [0.25, 0.3) is 0 Å². The van der Waals surface area contributed by atoms with Crippen LogP contribution < -0.4 is 11.2 Å². The first-order chi connectivity index (χ1) is 8.95. The van der Waals surface area contributed by atoms with E-state index in [0.29, 0.717) is 0 Å². The second kappa shape index (κ2) is 5.28. The third kappa shape index (κ3) is 2.49. The number of ether oxygens (including phenoxy) is 2. The molecule has 1 aromatic rings. The number of aromatic amines is 1. The Kier molecular flexibility index (Phi) is 3.88. The largest absolute Gasteiger partial charge is 0.387 e. The molecule has 1 unspecified atom stereocenters. The number of aromatic nitrogens is 2. The fourth-order valence-corrected chi connectivity index (χ4v) is 2.33. The molecule has 1 saturated heterocycles. The van der Waals surface area contributed by atoms with Gasteiger partial charge in [0, 0.05) is 19.4 Å².